The van der Waals surface area contributed by atoms with Gasteiger partial charge in [0, 0.05) is 10.6 Å². The summed E-state index contributed by atoms with van der Waals surface area (Å²) in [5, 5.41) is 10.3. The second-order valence-electron chi connectivity index (χ2n) is 8.23. The molecule has 0 amide bonds. The minimum Gasteiger partial charge on any atom is -0.482 e. The Bertz CT molecular complexity index is 1170. The van der Waals surface area contributed by atoms with Crippen molar-refractivity contribution in [1.82, 2.24) is 0 Å². The molecule has 0 aliphatic carbocycles. The molecule has 180 valence electrons. The van der Waals surface area contributed by atoms with Crippen molar-refractivity contribution < 1.29 is 23.8 Å². The van der Waals surface area contributed by atoms with Crippen molar-refractivity contribution in [3.8, 4) is 11.8 Å². The van der Waals surface area contributed by atoms with Crippen molar-refractivity contribution in [1.29, 1.82) is 5.26 Å². The maximum absolute atomic E-state index is 13.0. The van der Waals surface area contributed by atoms with E-state index >= 15 is 0 Å². The molecule has 0 fully saturated rings. The highest BCUT2D eigenvalue weighted by Gasteiger charge is 2.29. The highest BCUT2D eigenvalue weighted by atomic mass is 35.5. The number of hydrogen-bond donors (Lipinski definition) is 0. The van der Waals surface area contributed by atoms with Gasteiger partial charge in [0.15, 0.2) is 6.61 Å². The first-order chi connectivity index (χ1) is 16.9. The molecule has 35 heavy (non-hydrogen) atoms. The van der Waals surface area contributed by atoms with Crippen molar-refractivity contribution in [3.63, 3.8) is 0 Å². The molecule has 7 heteroatoms. The highest BCUT2D eigenvalue weighted by molar-refractivity contribution is 6.30. The molecule has 0 spiro atoms. The maximum atomic E-state index is 13.0. The Morgan fingerprint density at radius 3 is 2.31 bits per heavy atom. The molecule has 0 aromatic heterocycles. The Hall–Kier alpha value is -3.82. The lowest BCUT2D eigenvalue weighted by Crippen LogP contribution is -2.22. The van der Waals surface area contributed by atoms with Crippen LogP contribution >= 0.6 is 11.6 Å². The zero-order chi connectivity index (χ0) is 25.2. The van der Waals surface area contributed by atoms with Crippen LogP contribution in [-0.4, -0.2) is 18.5 Å². The van der Waals surface area contributed by atoms with Crippen LogP contribution in [0.2, 0.25) is 5.02 Å². The van der Waals surface area contributed by atoms with Gasteiger partial charge in [0.05, 0.1) is 5.92 Å². The normalized spacial score (nSPS) is 12.3. The molecule has 3 aromatic rings. The van der Waals surface area contributed by atoms with Gasteiger partial charge in [0.2, 0.25) is 6.10 Å². The van der Waals surface area contributed by atoms with E-state index < -0.39 is 24.0 Å². The van der Waals surface area contributed by atoms with Crippen molar-refractivity contribution in [2.24, 2.45) is 5.92 Å². The van der Waals surface area contributed by atoms with Crippen LogP contribution in [0.4, 0.5) is 0 Å². The van der Waals surface area contributed by atoms with Crippen LogP contribution in [-0.2, 0) is 25.7 Å². The summed E-state index contributed by atoms with van der Waals surface area (Å²) in [6.07, 6.45) is -1.13. The van der Waals surface area contributed by atoms with Crippen molar-refractivity contribution in [2.45, 2.75) is 32.5 Å². The number of carbonyl (C=O) groups excluding carboxylic acids is 2. The lowest BCUT2D eigenvalue weighted by Gasteiger charge is -2.22. The number of ether oxygens (including phenoxy) is 3. The third-order valence-electron chi connectivity index (χ3n) is 5.26. The smallest absolute Gasteiger partial charge is 0.344 e. The Labute approximate surface area is 210 Å². The van der Waals surface area contributed by atoms with Gasteiger partial charge in [-0.2, -0.15) is 5.26 Å². The van der Waals surface area contributed by atoms with E-state index in [1.807, 2.05) is 50.2 Å². The Balaban J connectivity index is 1.62. The first-order valence-corrected chi connectivity index (χ1v) is 11.5. The number of rotatable bonds is 10. The molecule has 0 bridgehead atoms. The minimum absolute atomic E-state index is 0.0559. The summed E-state index contributed by atoms with van der Waals surface area (Å²) in [5.41, 5.74) is 2.08. The number of nitriles is 1. The van der Waals surface area contributed by atoms with E-state index in [0.29, 0.717) is 16.3 Å². The number of carbonyl (C=O) groups is 2. The number of halogens is 1. The van der Waals surface area contributed by atoms with E-state index in [-0.39, 0.29) is 19.1 Å². The van der Waals surface area contributed by atoms with E-state index in [4.69, 9.17) is 25.8 Å². The average molecular weight is 492 g/mol. The second kappa shape index (κ2) is 12.6. The Morgan fingerprint density at radius 2 is 1.66 bits per heavy atom. The van der Waals surface area contributed by atoms with Crippen molar-refractivity contribution >= 4 is 23.5 Å². The number of hydrogen-bond acceptors (Lipinski definition) is 6. The first kappa shape index (κ1) is 25.8. The molecular formula is C28H26ClNO5. The standard InChI is InChI=1S/C28H26ClNO5/c1-19(2)27(21-11-13-23(29)14-12-21)28(32)35-25(16-30)22-9-6-10-24(15-22)33-18-26(31)34-17-20-7-4-3-5-8-20/h3-15,19,25,27H,17-18H2,1-2H3. The lowest BCUT2D eigenvalue weighted by molar-refractivity contribution is -0.150. The summed E-state index contributed by atoms with van der Waals surface area (Å²) in [4.78, 5) is 25.0. The fourth-order valence-electron chi connectivity index (χ4n) is 3.51. The van der Waals surface area contributed by atoms with Gasteiger partial charge in [-0.25, -0.2) is 4.79 Å². The van der Waals surface area contributed by atoms with Gasteiger partial charge in [0.1, 0.15) is 18.4 Å². The highest BCUT2D eigenvalue weighted by Crippen LogP contribution is 2.30. The van der Waals surface area contributed by atoms with Crippen LogP contribution in [0.3, 0.4) is 0 Å². The van der Waals surface area contributed by atoms with E-state index in [2.05, 4.69) is 0 Å². The number of esters is 2. The fraction of sp³-hybridized carbons (Fsp3) is 0.250. The topological polar surface area (TPSA) is 85.6 Å². The van der Waals surface area contributed by atoms with Gasteiger partial charge >= 0.3 is 11.9 Å². The van der Waals surface area contributed by atoms with Crippen molar-refractivity contribution in [3.05, 3.63) is 101 Å². The third-order valence-corrected chi connectivity index (χ3v) is 5.51. The predicted molar refractivity (Wildman–Crippen MR) is 132 cm³/mol. The summed E-state index contributed by atoms with van der Waals surface area (Å²) in [6.45, 7) is 3.68. The van der Waals surface area contributed by atoms with E-state index in [1.54, 1.807) is 48.5 Å². The van der Waals surface area contributed by atoms with Crippen LogP contribution in [0.1, 0.15) is 42.6 Å². The van der Waals surface area contributed by atoms with E-state index in [0.717, 1.165) is 11.1 Å². The van der Waals surface area contributed by atoms with E-state index in [9.17, 15) is 14.9 Å². The fourth-order valence-corrected chi connectivity index (χ4v) is 3.64. The van der Waals surface area contributed by atoms with Gasteiger partial charge in [-0.1, -0.05) is 80.0 Å². The molecule has 0 saturated heterocycles. The summed E-state index contributed by atoms with van der Waals surface area (Å²) in [6, 6.07) is 24.9. The van der Waals surface area contributed by atoms with Gasteiger partial charge < -0.3 is 14.2 Å². The molecule has 0 saturated carbocycles. The molecule has 0 aliphatic rings. The van der Waals surface area contributed by atoms with Crippen LogP contribution in [0.5, 0.6) is 5.75 Å². The van der Waals surface area contributed by atoms with Crippen LogP contribution in [0, 0.1) is 17.2 Å². The van der Waals surface area contributed by atoms with E-state index in [1.165, 1.54) is 0 Å². The zero-order valence-electron chi connectivity index (χ0n) is 19.5. The molecule has 0 N–H and O–H groups in total. The Kier molecular flexibility index (Phi) is 9.28. The molecule has 3 aromatic carbocycles. The first-order valence-electron chi connectivity index (χ1n) is 11.1. The molecule has 3 rings (SSSR count). The summed E-state index contributed by atoms with van der Waals surface area (Å²) >= 11 is 5.97. The molecule has 0 aliphatic heterocycles. The SMILES string of the molecule is CC(C)C(C(=O)OC(C#N)c1cccc(OCC(=O)OCc2ccccc2)c1)c1ccc(Cl)cc1. The number of benzene rings is 3. The molecule has 2 unspecified atom stereocenters. The monoisotopic (exact) mass is 491 g/mol. The maximum Gasteiger partial charge on any atom is 0.344 e. The van der Waals surface area contributed by atoms with Gasteiger partial charge in [-0.15, -0.1) is 0 Å². The summed E-state index contributed by atoms with van der Waals surface area (Å²) in [5.74, 6) is -1.29. The Morgan fingerprint density at radius 1 is 0.943 bits per heavy atom. The van der Waals surface area contributed by atoms with Gasteiger partial charge in [-0.05, 0) is 41.3 Å². The third kappa shape index (κ3) is 7.59. The van der Waals surface area contributed by atoms with Crippen LogP contribution in [0.25, 0.3) is 0 Å². The number of nitrogens with zero attached hydrogens (tertiary/aromatic N) is 1. The largest absolute Gasteiger partial charge is 0.482 e. The van der Waals surface area contributed by atoms with Gasteiger partial charge in [-0.3, -0.25) is 4.79 Å². The van der Waals surface area contributed by atoms with Crippen LogP contribution in [0.15, 0.2) is 78.9 Å². The summed E-state index contributed by atoms with van der Waals surface area (Å²) < 4.78 is 16.3. The average Bonchev–Trinajstić information content (AvgIpc) is 2.86. The minimum atomic E-state index is -1.13. The molecule has 2 atom stereocenters. The van der Waals surface area contributed by atoms with Crippen LogP contribution < -0.4 is 4.74 Å². The molecule has 0 heterocycles. The molecule has 0 radical (unpaired) electrons. The summed E-state index contributed by atoms with van der Waals surface area (Å²) in [7, 11) is 0. The predicted octanol–water partition coefficient (Wildman–Crippen LogP) is 6.01. The zero-order valence-corrected chi connectivity index (χ0v) is 20.3. The second-order valence-corrected chi connectivity index (χ2v) is 8.66. The quantitative estimate of drug-likeness (QED) is 0.323. The molecule has 6 nitrogen and oxygen atoms in total. The molecular weight excluding hydrogens is 466 g/mol. The van der Waals surface area contributed by atoms with Crippen molar-refractivity contribution in [2.75, 3.05) is 6.61 Å². The van der Waals surface area contributed by atoms with Gasteiger partial charge in [0.25, 0.3) is 0 Å². The lowest BCUT2D eigenvalue weighted by atomic mass is 9.88.